The molecule has 176 valence electrons. The zero-order chi connectivity index (χ0) is 23.4. The van der Waals surface area contributed by atoms with Gasteiger partial charge in [-0.1, -0.05) is 49.4 Å². The van der Waals surface area contributed by atoms with Crippen LogP contribution in [0.3, 0.4) is 0 Å². The van der Waals surface area contributed by atoms with Gasteiger partial charge in [-0.2, -0.15) is 0 Å². The molecule has 2 aliphatic heterocycles. The van der Waals surface area contributed by atoms with Gasteiger partial charge in [0.15, 0.2) is 11.5 Å². The van der Waals surface area contributed by atoms with Crippen LogP contribution in [0.15, 0.2) is 54.6 Å². The molecule has 1 aliphatic carbocycles. The van der Waals surface area contributed by atoms with E-state index in [1.807, 2.05) is 48.5 Å². The van der Waals surface area contributed by atoms with Crippen LogP contribution in [0, 0.1) is 5.92 Å². The van der Waals surface area contributed by atoms with E-state index in [0.29, 0.717) is 6.42 Å². The number of ether oxygens (including phenoxy) is 3. The minimum absolute atomic E-state index is 0.0330. The van der Waals surface area contributed by atoms with E-state index < -0.39 is 6.09 Å². The van der Waals surface area contributed by atoms with Gasteiger partial charge in [0.2, 0.25) is 0 Å². The molecule has 34 heavy (non-hydrogen) atoms. The van der Waals surface area contributed by atoms with Gasteiger partial charge in [-0.15, -0.1) is 0 Å². The van der Waals surface area contributed by atoms with E-state index in [4.69, 9.17) is 14.2 Å². The molecule has 1 N–H and O–H groups in total. The summed E-state index contributed by atoms with van der Waals surface area (Å²) in [4.78, 5) is 15.4. The number of benzene rings is 3. The van der Waals surface area contributed by atoms with E-state index in [1.165, 1.54) is 11.1 Å². The highest BCUT2D eigenvalue weighted by Crippen LogP contribution is 2.61. The summed E-state index contributed by atoms with van der Waals surface area (Å²) in [6, 6.07) is 18.1. The van der Waals surface area contributed by atoms with E-state index in [-0.39, 0.29) is 23.5 Å². The van der Waals surface area contributed by atoms with Gasteiger partial charge in [-0.25, -0.2) is 4.79 Å². The largest absolute Gasteiger partial charge is 0.493 e. The molecule has 0 saturated heterocycles. The Bertz CT molecular complexity index is 1270. The zero-order valence-corrected chi connectivity index (χ0v) is 19.8. The van der Waals surface area contributed by atoms with Gasteiger partial charge in [0.25, 0.3) is 0 Å². The molecule has 0 radical (unpaired) electrons. The molecular weight excluding hydrogens is 428 g/mol. The monoisotopic (exact) mass is 458 g/mol. The predicted octanol–water partition coefficient (Wildman–Crippen LogP) is 5.34. The lowest BCUT2D eigenvalue weighted by atomic mass is 9.69. The Balaban J connectivity index is 1.29. The van der Waals surface area contributed by atoms with Crippen LogP contribution in [0.25, 0.3) is 10.8 Å². The first-order valence-electron chi connectivity index (χ1n) is 12.0. The average Bonchev–Trinajstić information content (AvgIpc) is 3.23. The molecule has 3 aliphatic rings. The van der Waals surface area contributed by atoms with Crippen LogP contribution < -0.4 is 14.8 Å². The topological polar surface area (TPSA) is 60.0 Å². The van der Waals surface area contributed by atoms with Crippen molar-refractivity contribution in [2.75, 3.05) is 26.0 Å². The van der Waals surface area contributed by atoms with Gasteiger partial charge in [-0.05, 0) is 43.1 Å². The van der Waals surface area contributed by atoms with Crippen molar-refractivity contribution in [3.63, 3.8) is 0 Å². The molecule has 1 saturated carbocycles. The molecule has 1 amide bonds. The van der Waals surface area contributed by atoms with Crippen molar-refractivity contribution in [2.24, 2.45) is 5.92 Å². The Morgan fingerprint density at radius 2 is 1.97 bits per heavy atom. The highest BCUT2D eigenvalue weighted by molar-refractivity contribution is 6.00. The molecule has 1 fully saturated rings. The van der Waals surface area contributed by atoms with Gasteiger partial charge in [0.1, 0.15) is 12.2 Å². The van der Waals surface area contributed by atoms with Crippen molar-refractivity contribution < 1.29 is 19.0 Å². The van der Waals surface area contributed by atoms with Gasteiger partial charge in [-0.3, -0.25) is 5.32 Å². The minimum atomic E-state index is -0.415. The number of hydrogen-bond acceptors (Lipinski definition) is 5. The molecule has 3 aromatic rings. The Morgan fingerprint density at radius 3 is 2.82 bits per heavy atom. The molecule has 1 spiro atoms. The Labute approximate surface area is 199 Å². The fourth-order valence-corrected chi connectivity index (χ4v) is 6.48. The highest BCUT2D eigenvalue weighted by Gasteiger charge is 2.62. The van der Waals surface area contributed by atoms with Crippen LogP contribution >= 0.6 is 0 Å². The molecule has 2 heterocycles. The molecule has 0 aromatic heterocycles. The van der Waals surface area contributed by atoms with Crippen molar-refractivity contribution >= 4 is 22.6 Å². The maximum atomic E-state index is 13.0. The second-order valence-corrected chi connectivity index (χ2v) is 9.89. The SMILES string of the molecule is COc1ccc2c3c1O[C@H]1C[C@H](OC(=O)Nc4cccc5ccccc45)C(C)[C@@]31CCN(C)C2. The van der Waals surface area contributed by atoms with E-state index in [0.717, 1.165) is 47.5 Å². The Hall–Kier alpha value is -3.25. The van der Waals surface area contributed by atoms with Gasteiger partial charge in [0, 0.05) is 35.2 Å². The third kappa shape index (κ3) is 3.08. The number of carbonyl (C=O) groups is 1. The van der Waals surface area contributed by atoms with Crippen LogP contribution in [0.5, 0.6) is 11.5 Å². The Morgan fingerprint density at radius 1 is 1.15 bits per heavy atom. The van der Waals surface area contributed by atoms with Gasteiger partial charge < -0.3 is 19.1 Å². The van der Waals surface area contributed by atoms with Crippen LogP contribution in [0.1, 0.15) is 30.9 Å². The first-order chi connectivity index (χ1) is 16.5. The lowest BCUT2D eigenvalue weighted by Gasteiger charge is -2.34. The van der Waals surface area contributed by atoms with Crippen molar-refractivity contribution in [3.8, 4) is 11.5 Å². The maximum Gasteiger partial charge on any atom is 0.411 e. The van der Waals surface area contributed by atoms with E-state index >= 15 is 0 Å². The maximum absolute atomic E-state index is 13.0. The number of fused-ring (bicyclic) bond motifs is 1. The normalized spacial score (nSPS) is 27.4. The van der Waals surface area contributed by atoms with Crippen LogP contribution in [-0.2, 0) is 16.7 Å². The summed E-state index contributed by atoms with van der Waals surface area (Å²) in [6.45, 7) is 4.06. The van der Waals surface area contributed by atoms with Crippen LogP contribution in [0.2, 0.25) is 0 Å². The predicted molar refractivity (Wildman–Crippen MR) is 132 cm³/mol. The van der Waals surface area contributed by atoms with Crippen LogP contribution in [0.4, 0.5) is 10.5 Å². The molecule has 3 aromatic carbocycles. The molecule has 4 atom stereocenters. The van der Waals surface area contributed by atoms with Crippen molar-refractivity contribution in [2.45, 2.75) is 43.9 Å². The number of amides is 1. The number of hydrogen-bond donors (Lipinski definition) is 1. The second kappa shape index (κ2) is 7.91. The zero-order valence-electron chi connectivity index (χ0n) is 19.8. The first kappa shape index (κ1) is 21.3. The van der Waals surface area contributed by atoms with E-state index in [9.17, 15) is 4.79 Å². The number of nitrogens with one attached hydrogen (secondary N) is 1. The molecular formula is C28H30N2O4. The number of methoxy groups -OCH3 is 1. The second-order valence-electron chi connectivity index (χ2n) is 9.89. The fourth-order valence-electron chi connectivity index (χ4n) is 6.48. The number of nitrogens with zero attached hydrogens (tertiary/aromatic N) is 1. The average molecular weight is 459 g/mol. The Kier molecular flexibility index (Phi) is 4.96. The highest BCUT2D eigenvalue weighted by atomic mass is 16.6. The summed E-state index contributed by atoms with van der Waals surface area (Å²) >= 11 is 0. The number of anilines is 1. The van der Waals surface area contributed by atoms with Crippen molar-refractivity contribution in [3.05, 3.63) is 65.7 Å². The van der Waals surface area contributed by atoms with E-state index in [2.05, 4.69) is 30.3 Å². The third-order valence-electron chi connectivity index (χ3n) is 8.18. The van der Waals surface area contributed by atoms with Gasteiger partial charge in [0.05, 0.1) is 12.8 Å². The molecule has 6 rings (SSSR count). The lowest BCUT2D eigenvalue weighted by Crippen LogP contribution is -2.40. The van der Waals surface area contributed by atoms with Crippen molar-refractivity contribution in [1.82, 2.24) is 4.90 Å². The van der Waals surface area contributed by atoms with E-state index in [1.54, 1.807) is 7.11 Å². The number of carbonyl (C=O) groups excluding carboxylic acids is 1. The smallest absolute Gasteiger partial charge is 0.411 e. The lowest BCUT2D eigenvalue weighted by molar-refractivity contribution is 0.0774. The summed E-state index contributed by atoms with van der Waals surface area (Å²) in [5, 5.41) is 5.06. The first-order valence-corrected chi connectivity index (χ1v) is 12.0. The fraction of sp³-hybridized carbons (Fsp3) is 0.393. The molecule has 6 nitrogen and oxygen atoms in total. The summed E-state index contributed by atoms with van der Waals surface area (Å²) in [7, 11) is 3.85. The quantitative estimate of drug-likeness (QED) is 0.574. The summed E-state index contributed by atoms with van der Waals surface area (Å²) in [5.74, 6) is 1.79. The summed E-state index contributed by atoms with van der Waals surface area (Å²) in [6.07, 6.45) is 0.963. The molecule has 1 unspecified atom stereocenters. The minimum Gasteiger partial charge on any atom is -0.493 e. The third-order valence-corrected chi connectivity index (χ3v) is 8.18. The van der Waals surface area contributed by atoms with Crippen LogP contribution in [-0.4, -0.2) is 43.9 Å². The molecule has 6 heteroatoms. The summed E-state index contributed by atoms with van der Waals surface area (Å²) < 4.78 is 18.3. The number of rotatable bonds is 3. The van der Waals surface area contributed by atoms with Gasteiger partial charge >= 0.3 is 6.09 Å². The summed E-state index contributed by atoms with van der Waals surface area (Å²) in [5.41, 5.74) is 3.12. The standard InChI is InChI=1S/C28H30N2O4/c1-17-23(33-27(31)29-21-10-6-8-18-7-4-5-9-20(18)21)15-24-28(17)13-14-30(2)16-19-11-12-22(32-3)26(34-24)25(19)28/h4-12,17,23-24H,13-16H2,1-3H3,(H,29,31)/t17?,23-,24-,28+/m0/s1. The van der Waals surface area contributed by atoms with Crippen molar-refractivity contribution in [1.29, 1.82) is 0 Å². The molecule has 0 bridgehead atoms.